The van der Waals surface area contributed by atoms with Gasteiger partial charge in [0, 0.05) is 12.3 Å². The Morgan fingerprint density at radius 1 is 1.29 bits per heavy atom. The standard InChI is InChI=1S/C8H5ClF3N5/c1-4-14-6(8(10,11)12)16-17(4)5-2-3-13-7(9)15-5/h2-3H,1H3. The van der Waals surface area contributed by atoms with E-state index in [1.165, 1.54) is 19.2 Å². The Kier molecular flexibility index (Phi) is 2.74. The Labute approximate surface area is 98.3 Å². The first-order valence-corrected chi connectivity index (χ1v) is 4.75. The molecule has 17 heavy (non-hydrogen) atoms. The number of rotatable bonds is 1. The minimum absolute atomic E-state index is 0.0621. The molecule has 0 aliphatic heterocycles. The molecule has 9 heteroatoms. The van der Waals surface area contributed by atoms with E-state index >= 15 is 0 Å². The van der Waals surface area contributed by atoms with E-state index < -0.39 is 12.0 Å². The molecule has 2 rings (SSSR count). The van der Waals surface area contributed by atoms with Crippen molar-refractivity contribution in [2.45, 2.75) is 13.1 Å². The normalized spacial score (nSPS) is 11.8. The molecule has 0 atom stereocenters. The third-order valence-corrected chi connectivity index (χ3v) is 2.03. The fourth-order valence-corrected chi connectivity index (χ4v) is 1.31. The van der Waals surface area contributed by atoms with Crippen LogP contribution in [0.2, 0.25) is 5.28 Å². The van der Waals surface area contributed by atoms with E-state index in [2.05, 4.69) is 20.1 Å². The number of aromatic nitrogens is 5. The Balaban J connectivity index is 2.50. The smallest absolute Gasteiger partial charge is 0.226 e. The summed E-state index contributed by atoms with van der Waals surface area (Å²) >= 11 is 5.54. The van der Waals surface area contributed by atoms with Gasteiger partial charge in [0.15, 0.2) is 5.82 Å². The molecular weight excluding hydrogens is 259 g/mol. The molecule has 0 radical (unpaired) electrons. The molecule has 90 valence electrons. The highest BCUT2D eigenvalue weighted by Gasteiger charge is 2.36. The maximum absolute atomic E-state index is 12.4. The van der Waals surface area contributed by atoms with Gasteiger partial charge in [-0.1, -0.05) is 0 Å². The average molecular weight is 264 g/mol. The van der Waals surface area contributed by atoms with Gasteiger partial charge in [0.2, 0.25) is 5.28 Å². The van der Waals surface area contributed by atoms with Gasteiger partial charge in [-0.25, -0.2) is 9.97 Å². The molecule has 5 nitrogen and oxygen atoms in total. The van der Waals surface area contributed by atoms with Crippen LogP contribution in [-0.4, -0.2) is 24.7 Å². The second kappa shape index (κ2) is 3.95. The van der Waals surface area contributed by atoms with Gasteiger partial charge in [-0.3, -0.25) is 0 Å². The molecule has 0 aliphatic rings. The van der Waals surface area contributed by atoms with Crippen molar-refractivity contribution in [3.05, 3.63) is 29.2 Å². The summed E-state index contributed by atoms with van der Waals surface area (Å²) in [6, 6.07) is 1.38. The Morgan fingerprint density at radius 3 is 2.53 bits per heavy atom. The second-order valence-corrected chi connectivity index (χ2v) is 3.41. The molecular formula is C8H5ClF3N5. The van der Waals surface area contributed by atoms with Crippen LogP contribution in [0.3, 0.4) is 0 Å². The van der Waals surface area contributed by atoms with Crippen LogP contribution < -0.4 is 0 Å². The van der Waals surface area contributed by atoms with Gasteiger partial charge in [-0.05, 0) is 18.5 Å². The maximum Gasteiger partial charge on any atom is 0.453 e. The third kappa shape index (κ3) is 2.36. The first-order valence-electron chi connectivity index (χ1n) is 4.37. The molecule has 2 heterocycles. The van der Waals surface area contributed by atoms with Crippen LogP contribution >= 0.6 is 11.6 Å². The van der Waals surface area contributed by atoms with Crippen molar-refractivity contribution in [1.82, 2.24) is 24.7 Å². The summed E-state index contributed by atoms with van der Waals surface area (Å²) in [4.78, 5) is 10.7. The largest absolute Gasteiger partial charge is 0.453 e. The van der Waals surface area contributed by atoms with E-state index in [4.69, 9.17) is 11.6 Å². The Bertz CT molecular complexity index is 550. The summed E-state index contributed by atoms with van der Waals surface area (Å²) in [5.74, 6) is -1.03. The lowest BCUT2D eigenvalue weighted by Gasteiger charge is -2.01. The summed E-state index contributed by atoms with van der Waals surface area (Å²) in [5, 5.41) is 3.25. The topological polar surface area (TPSA) is 56.5 Å². The fourth-order valence-electron chi connectivity index (χ4n) is 1.17. The maximum atomic E-state index is 12.4. The van der Waals surface area contributed by atoms with E-state index in [0.717, 1.165) is 4.68 Å². The van der Waals surface area contributed by atoms with Crippen molar-refractivity contribution >= 4 is 11.6 Å². The van der Waals surface area contributed by atoms with Crippen molar-refractivity contribution in [3.8, 4) is 5.82 Å². The van der Waals surface area contributed by atoms with Gasteiger partial charge >= 0.3 is 6.18 Å². The quantitative estimate of drug-likeness (QED) is 0.739. The summed E-state index contributed by atoms with van der Waals surface area (Å²) in [6.45, 7) is 1.39. The van der Waals surface area contributed by atoms with Crippen molar-refractivity contribution in [2.75, 3.05) is 0 Å². The summed E-state index contributed by atoms with van der Waals surface area (Å²) < 4.78 is 38.1. The first kappa shape index (κ1) is 11.8. The number of hydrogen-bond acceptors (Lipinski definition) is 4. The van der Waals surface area contributed by atoms with E-state index in [-0.39, 0.29) is 16.9 Å². The Morgan fingerprint density at radius 2 is 2.00 bits per heavy atom. The molecule has 0 amide bonds. The van der Waals surface area contributed by atoms with Crippen molar-refractivity contribution in [3.63, 3.8) is 0 Å². The highest BCUT2D eigenvalue weighted by molar-refractivity contribution is 6.28. The fraction of sp³-hybridized carbons (Fsp3) is 0.250. The van der Waals surface area contributed by atoms with Crippen LogP contribution in [-0.2, 0) is 6.18 Å². The highest BCUT2D eigenvalue weighted by atomic mass is 35.5. The summed E-state index contributed by atoms with van der Waals surface area (Å²) in [7, 11) is 0. The molecule has 0 saturated heterocycles. The molecule has 0 saturated carbocycles. The minimum atomic E-state index is -4.59. The van der Waals surface area contributed by atoms with E-state index in [1.54, 1.807) is 0 Å². The van der Waals surface area contributed by atoms with Crippen LogP contribution in [0, 0.1) is 6.92 Å². The van der Waals surface area contributed by atoms with Crippen LogP contribution in [0.5, 0.6) is 0 Å². The zero-order valence-electron chi connectivity index (χ0n) is 8.40. The number of alkyl halides is 3. The first-order chi connectivity index (χ1) is 7.88. The number of hydrogen-bond donors (Lipinski definition) is 0. The molecule has 0 N–H and O–H groups in total. The lowest BCUT2D eigenvalue weighted by atomic mass is 10.5. The average Bonchev–Trinajstić information content (AvgIpc) is 2.60. The summed E-state index contributed by atoms with van der Waals surface area (Å²) in [6.07, 6.45) is -3.27. The van der Waals surface area contributed by atoms with Crippen LogP contribution in [0.25, 0.3) is 5.82 Å². The van der Waals surface area contributed by atoms with Gasteiger partial charge in [-0.2, -0.15) is 22.8 Å². The molecule has 0 aromatic carbocycles. The highest BCUT2D eigenvalue weighted by Crippen LogP contribution is 2.26. The van der Waals surface area contributed by atoms with Crippen LogP contribution in [0.15, 0.2) is 12.3 Å². The predicted molar refractivity (Wildman–Crippen MR) is 51.7 cm³/mol. The van der Waals surface area contributed by atoms with Gasteiger partial charge in [-0.15, -0.1) is 5.10 Å². The zero-order valence-corrected chi connectivity index (χ0v) is 9.16. The van der Waals surface area contributed by atoms with Crippen molar-refractivity contribution in [2.24, 2.45) is 0 Å². The molecule has 2 aromatic rings. The van der Waals surface area contributed by atoms with E-state index in [0.29, 0.717) is 0 Å². The molecule has 0 aliphatic carbocycles. The van der Waals surface area contributed by atoms with Gasteiger partial charge in [0.25, 0.3) is 5.82 Å². The van der Waals surface area contributed by atoms with E-state index in [1.807, 2.05) is 0 Å². The number of nitrogens with zero attached hydrogens (tertiary/aromatic N) is 5. The van der Waals surface area contributed by atoms with Gasteiger partial charge in [0.05, 0.1) is 0 Å². The molecule has 0 spiro atoms. The lowest BCUT2D eigenvalue weighted by Crippen LogP contribution is -2.09. The van der Waals surface area contributed by atoms with Crippen LogP contribution in [0.4, 0.5) is 13.2 Å². The van der Waals surface area contributed by atoms with E-state index in [9.17, 15) is 13.2 Å². The number of halogens is 4. The molecule has 0 unspecified atom stereocenters. The number of aryl methyl sites for hydroxylation is 1. The molecule has 0 bridgehead atoms. The molecule has 0 fully saturated rings. The van der Waals surface area contributed by atoms with Crippen molar-refractivity contribution in [1.29, 1.82) is 0 Å². The zero-order chi connectivity index (χ0) is 12.6. The predicted octanol–water partition coefficient (Wildman–Crippen LogP) is 2.04. The van der Waals surface area contributed by atoms with Crippen LogP contribution in [0.1, 0.15) is 11.6 Å². The van der Waals surface area contributed by atoms with Crippen molar-refractivity contribution < 1.29 is 13.2 Å². The Hall–Kier alpha value is -1.70. The monoisotopic (exact) mass is 263 g/mol. The summed E-state index contributed by atoms with van der Waals surface area (Å²) in [5.41, 5.74) is 0. The SMILES string of the molecule is Cc1nc(C(F)(F)F)nn1-c1ccnc(Cl)n1. The molecule has 2 aromatic heterocycles. The van der Waals surface area contributed by atoms with Gasteiger partial charge < -0.3 is 0 Å². The third-order valence-electron chi connectivity index (χ3n) is 1.85. The lowest BCUT2D eigenvalue weighted by molar-refractivity contribution is -0.144. The minimum Gasteiger partial charge on any atom is -0.226 e. The van der Waals surface area contributed by atoms with Gasteiger partial charge in [0.1, 0.15) is 5.82 Å². The second-order valence-electron chi connectivity index (χ2n) is 3.08.